The van der Waals surface area contributed by atoms with Gasteiger partial charge in [-0.25, -0.2) is 13.9 Å². The van der Waals surface area contributed by atoms with Gasteiger partial charge in [0.25, 0.3) is 0 Å². The van der Waals surface area contributed by atoms with Crippen LogP contribution in [0.2, 0.25) is 0 Å². The molecule has 3 atom stereocenters. The molecule has 32 heavy (non-hydrogen) atoms. The smallest absolute Gasteiger partial charge is 0.410 e. The predicted molar refractivity (Wildman–Crippen MR) is 118 cm³/mol. The Hall–Kier alpha value is -2.64. The molecule has 2 bridgehead atoms. The van der Waals surface area contributed by atoms with Crippen molar-refractivity contribution in [3.8, 4) is 11.8 Å². The van der Waals surface area contributed by atoms with E-state index in [4.69, 9.17) is 14.6 Å². The summed E-state index contributed by atoms with van der Waals surface area (Å²) in [6, 6.07) is 6.47. The third-order valence-electron chi connectivity index (χ3n) is 6.24. The van der Waals surface area contributed by atoms with Crippen LogP contribution < -0.4 is 4.74 Å². The molecule has 1 saturated heterocycles. The van der Waals surface area contributed by atoms with E-state index in [1.165, 1.54) is 12.1 Å². The topological polar surface area (TPSA) is 69.5 Å². The van der Waals surface area contributed by atoms with Gasteiger partial charge in [-0.3, -0.25) is 0 Å². The molecule has 174 valence electrons. The number of fused-ring (bicyclic) bond motifs is 2. The number of hydrogen-bond acceptors (Lipinski definition) is 5. The number of likely N-dealkylation sites (tertiary alicyclic amines) is 1. The van der Waals surface area contributed by atoms with Crippen molar-refractivity contribution in [2.24, 2.45) is 17.8 Å². The lowest BCUT2D eigenvalue weighted by Crippen LogP contribution is -2.47. The fourth-order valence-electron chi connectivity index (χ4n) is 4.83. The Morgan fingerprint density at radius 2 is 1.91 bits per heavy atom. The fourth-order valence-corrected chi connectivity index (χ4v) is 4.83. The van der Waals surface area contributed by atoms with Crippen molar-refractivity contribution in [1.82, 2.24) is 19.7 Å². The zero-order chi connectivity index (χ0) is 23.0. The van der Waals surface area contributed by atoms with Crippen molar-refractivity contribution in [1.29, 1.82) is 0 Å². The molecule has 0 radical (unpaired) electrons. The van der Waals surface area contributed by atoms with Crippen LogP contribution in [0.5, 0.6) is 11.8 Å². The van der Waals surface area contributed by atoms with Gasteiger partial charge in [-0.05, 0) is 77.3 Å². The number of piperidine rings is 1. The average molecular weight is 445 g/mol. The second-order valence-corrected chi connectivity index (χ2v) is 10.3. The third-order valence-corrected chi connectivity index (χ3v) is 6.24. The van der Waals surface area contributed by atoms with Gasteiger partial charge in [-0.2, -0.15) is 10.1 Å². The zero-order valence-electron chi connectivity index (χ0n) is 19.5. The number of amides is 1. The van der Waals surface area contributed by atoms with Crippen molar-refractivity contribution < 1.29 is 18.7 Å². The first-order valence-electron chi connectivity index (χ1n) is 11.5. The van der Waals surface area contributed by atoms with Crippen LogP contribution in [-0.4, -0.2) is 44.4 Å². The summed E-state index contributed by atoms with van der Waals surface area (Å²) in [4.78, 5) is 19.1. The average Bonchev–Trinajstić information content (AvgIpc) is 3.17. The summed E-state index contributed by atoms with van der Waals surface area (Å²) in [5, 5.41) is 4.70. The maximum atomic E-state index is 13.6. The van der Waals surface area contributed by atoms with Crippen LogP contribution in [0, 0.1) is 23.6 Å². The Balaban J connectivity index is 1.46. The standard InChI is InChI=1S/C24H33FN4O3/c1-15(2)29-22(31-19-8-6-7-18(25)11-19)26-21(27-29)12-20-16-9-10-17(20)14-28(13-16)23(30)32-24(3,4)5/h6-8,11,15-17,20H,9-10,12-14H2,1-5H3/t16-,17+,20?. The highest BCUT2D eigenvalue weighted by Crippen LogP contribution is 2.44. The number of nitrogens with zero attached hydrogens (tertiary/aromatic N) is 4. The molecule has 0 N–H and O–H groups in total. The van der Waals surface area contributed by atoms with Crippen molar-refractivity contribution in [3.05, 3.63) is 35.9 Å². The second-order valence-electron chi connectivity index (χ2n) is 10.3. The Bertz CT molecular complexity index is 954. The van der Waals surface area contributed by atoms with E-state index in [2.05, 4.69) is 4.98 Å². The van der Waals surface area contributed by atoms with Gasteiger partial charge in [-0.15, -0.1) is 0 Å². The Morgan fingerprint density at radius 1 is 1.22 bits per heavy atom. The first-order chi connectivity index (χ1) is 15.1. The van der Waals surface area contributed by atoms with E-state index in [1.54, 1.807) is 16.8 Å². The van der Waals surface area contributed by atoms with E-state index in [9.17, 15) is 9.18 Å². The number of rotatable bonds is 5. The molecule has 2 aliphatic rings. The minimum Gasteiger partial charge on any atom is -0.444 e. The van der Waals surface area contributed by atoms with E-state index >= 15 is 0 Å². The van der Waals surface area contributed by atoms with Crippen LogP contribution in [0.1, 0.15) is 59.3 Å². The zero-order valence-corrected chi connectivity index (χ0v) is 19.5. The molecule has 1 aliphatic carbocycles. The molecule has 1 aromatic heterocycles. The van der Waals surface area contributed by atoms with E-state index < -0.39 is 5.60 Å². The van der Waals surface area contributed by atoms with Gasteiger partial charge in [0.15, 0.2) is 5.82 Å². The first kappa shape index (κ1) is 22.6. The lowest BCUT2D eigenvalue weighted by atomic mass is 9.82. The minimum absolute atomic E-state index is 0.0607. The van der Waals surface area contributed by atoms with Gasteiger partial charge in [0.1, 0.15) is 17.2 Å². The predicted octanol–water partition coefficient (Wildman–Crippen LogP) is 5.23. The summed E-state index contributed by atoms with van der Waals surface area (Å²) in [5.41, 5.74) is -0.487. The maximum absolute atomic E-state index is 13.6. The summed E-state index contributed by atoms with van der Waals surface area (Å²) in [6.45, 7) is 11.1. The number of aromatic nitrogens is 3. The number of carbonyl (C=O) groups excluding carboxylic acids is 1. The number of benzene rings is 1. The van der Waals surface area contributed by atoms with Crippen LogP contribution in [0.25, 0.3) is 0 Å². The molecule has 1 unspecified atom stereocenters. The monoisotopic (exact) mass is 444 g/mol. The van der Waals surface area contributed by atoms with E-state index in [0.29, 0.717) is 42.6 Å². The number of halogens is 1. The molecule has 7 nitrogen and oxygen atoms in total. The lowest BCUT2D eigenvalue weighted by Gasteiger charge is -2.38. The third kappa shape index (κ3) is 5.05. The Morgan fingerprint density at radius 3 is 2.50 bits per heavy atom. The summed E-state index contributed by atoms with van der Waals surface area (Å²) >= 11 is 0. The van der Waals surface area contributed by atoms with Crippen LogP contribution in [0.4, 0.5) is 9.18 Å². The molecule has 1 amide bonds. The highest BCUT2D eigenvalue weighted by Gasteiger charge is 2.44. The molecule has 2 heterocycles. The molecule has 4 rings (SSSR count). The summed E-state index contributed by atoms with van der Waals surface area (Å²) in [5.74, 6) is 2.04. The molecule has 1 aliphatic heterocycles. The van der Waals surface area contributed by atoms with Gasteiger partial charge >= 0.3 is 12.1 Å². The molecule has 0 spiro atoms. The number of carbonyl (C=O) groups is 1. The van der Waals surface area contributed by atoms with Gasteiger partial charge in [0.05, 0.1) is 6.04 Å². The van der Waals surface area contributed by atoms with Crippen molar-refractivity contribution >= 4 is 6.09 Å². The fraction of sp³-hybridized carbons (Fsp3) is 0.625. The molecule has 2 fully saturated rings. The summed E-state index contributed by atoms with van der Waals surface area (Å²) < 4.78 is 26.8. The summed E-state index contributed by atoms with van der Waals surface area (Å²) in [6.07, 6.45) is 2.73. The highest BCUT2D eigenvalue weighted by atomic mass is 19.1. The normalized spacial score (nSPS) is 23.0. The van der Waals surface area contributed by atoms with Gasteiger partial charge in [0, 0.05) is 25.6 Å². The van der Waals surface area contributed by atoms with E-state index in [1.807, 2.05) is 39.5 Å². The lowest BCUT2D eigenvalue weighted by molar-refractivity contribution is 0.00786. The van der Waals surface area contributed by atoms with Gasteiger partial charge in [-0.1, -0.05) is 6.07 Å². The molecule has 2 aromatic rings. The highest BCUT2D eigenvalue weighted by molar-refractivity contribution is 5.68. The molecule has 1 saturated carbocycles. The van der Waals surface area contributed by atoms with E-state index in [0.717, 1.165) is 25.1 Å². The van der Waals surface area contributed by atoms with Crippen LogP contribution >= 0.6 is 0 Å². The summed E-state index contributed by atoms with van der Waals surface area (Å²) in [7, 11) is 0. The Kier molecular flexibility index (Phi) is 6.14. The quantitative estimate of drug-likeness (QED) is 0.632. The number of ether oxygens (including phenoxy) is 2. The molecular weight excluding hydrogens is 411 g/mol. The molecular formula is C24H33FN4O3. The SMILES string of the molecule is CC(C)n1nc(CC2[C@@H]3CC[C@H]2CN(C(=O)OC(C)(C)C)C3)nc1Oc1cccc(F)c1. The second kappa shape index (κ2) is 8.71. The van der Waals surface area contributed by atoms with Crippen LogP contribution in [0.3, 0.4) is 0 Å². The Labute approximate surface area is 188 Å². The maximum Gasteiger partial charge on any atom is 0.410 e. The van der Waals surface area contributed by atoms with Gasteiger partial charge in [0.2, 0.25) is 0 Å². The largest absolute Gasteiger partial charge is 0.444 e. The van der Waals surface area contributed by atoms with E-state index in [-0.39, 0.29) is 18.0 Å². The first-order valence-corrected chi connectivity index (χ1v) is 11.5. The van der Waals surface area contributed by atoms with Crippen LogP contribution in [0.15, 0.2) is 24.3 Å². The molecule has 8 heteroatoms. The minimum atomic E-state index is -0.487. The van der Waals surface area contributed by atoms with Crippen molar-refractivity contribution in [3.63, 3.8) is 0 Å². The molecule has 1 aromatic carbocycles. The van der Waals surface area contributed by atoms with Crippen LogP contribution in [-0.2, 0) is 11.2 Å². The number of hydrogen-bond donors (Lipinski definition) is 0. The van der Waals surface area contributed by atoms with Crippen molar-refractivity contribution in [2.75, 3.05) is 13.1 Å². The van der Waals surface area contributed by atoms with Gasteiger partial charge < -0.3 is 14.4 Å². The van der Waals surface area contributed by atoms with Crippen molar-refractivity contribution in [2.45, 2.75) is 65.5 Å².